The average Bonchev–Trinajstić information content (AvgIpc) is 3.03. The van der Waals surface area contributed by atoms with Gasteiger partial charge in [0.05, 0.1) is 5.56 Å². The first-order valence-electron chi connectivity index (χ1n) is 9.15. The molecule has 0 aliphatic carbocycles. The molecule has 2 fully saturated rings. The molecule has 3 rings (SSSR count). The summed E-state index contributed by atoms with van der Waals surface area (Å²) in [4.78, 5) is 38.8. The zero-order valence-corrected chi connectivity index (χ0v) is 15.5. The van der Waals surface area contributed by atoms with Crippen molar-refractivity contribution in [3.8, 4) is 0 Å². The van der Waals surface area contributed by atoms with Gasteiger partial charge in [0.15, 0.2) is 0 Å². The summed E-state index contributed by atoms with van der Waals surface area (Å²) in [5.74, 6) is -0.699. The van der Waals surface area contributed by atoms with Crippen LogP contribution < -0.4 is 10.6 Å². The van der Waals surface area contributed by atoms with E-state index < -0.39 is 35.8 Å². The van der Waals surface area contributed by atoms with Gasteiger partial charge in [-0.25, -0.2) is 0 Å². The van der Waals surface area contributed by atoms with E-state index in [2.05, 4.69) is 10.6 Å². The smallest absolute Gasteiger partial charge is 0.347 e. The third kappa shape index (κ3) is 4.13. The zero-order valence-electron chi connectivity index (χ0n) is 15.5. The van der Waals surface area contributed by atoms with Gasteiger partial charge in [-0.05, 0) is 43.0 Å². The summed E-state index contributed by atoms with van der Waals surface area (Å²) in [6.07, 6.45) is -3.65. The lowest BCUT2D eigenvalue weighted by molar-refractivity contribution is -0.147. The SMILES string of the molecule is CC(C)C[C@H]1NC(=O)[C@@H]2C[C@H](NC(=O)c3ccc(C(F)(F)F)cc3)CN2C1=O. The van der Waals surface area contributed by atoms with Gasteiger partial charge in [-0.15, -0.1) is 0 Å². The Balaban J connectivity index is 1.64. The molecule has 3 atom stereocenters. The number of fused-ring (bicyclic) bond motifs is 1. The Hall–Kier alpha value is -2.58. The van der Waals surface area contributed by atoms with E-state index in [1.165, 1.54) is 4.90 Å². The Kier molecular flexibility index (Phi) is 5.36. The molecule has 9 heteroatoms. The number of alkyl halides is 3. The van der Waals surface area contributed by atoms with Crippen LogP contribution in [0, 0.1) is 5.92 Å². The van der Waals surface area contributed by atoms with Crippen LogP contribution in [0.3, 0.4) is 0 Å². The molecule has 2 saturated heterocycles. The minimum Gasteiger partial charge on any atom is -0.347 e. The lowest BCUT2D eigenvalue weighted by atomic mass is 9.99. The molecule has 0 spiro atoms. The van der Waals surface area contributed by atoms with Gasteiger partial charge in [-0.3, -0.25) is 14.4 Å². The molecule has 2 heterocycles. The molecule has 2 N–H and O–H groups in total. The van der Waals surface area contributed by atoms with E-state index in [0.29, 0.717) is 6.42 Å². The molecular formula is C19H22F3N3O3. The summed E-state index contributed by atoms with van der Waals surface area (Å²) < 4.78 is 37.9. The number of piperazine rings is 1. The highest BCUT2D eigenvalue weighted by molar-refractivity contribution is 5.98. The molecule has 0 bridgehead atoms. The predicted molar refractivity (Wildman–Crippen MR) is 94.2 cm³/mol. The van der Waals surface area contributed by atoms with E-state index in [1.807, 2.05) is 13.8 Å². The van der Waals surface area contributed by atoms with Crippen molar-refractivity contribution in [2.75, 3.05) is 6.54 Å². The fraction of sp³-hybridized carbons (Fsp3) is 0.526. The number of carbonyl (C=O) groups is 3. The second kappa shape index (κ2) is 7.44. The molecule has 2 aliphatic heterocycles. The Morgan fingerprint density at radius 3 is 2.46 bits per heavy atom. The maximum absolute atomic E-state index is 12.6. The molecule has 2 aliphatic rings. The summed E-state index contributed by atoms with van der Waals surface area (Å²) in [5.41, 5.74) is -0.744. The molecule has 3 amide bonds. The average molecular weight is 397 g/mol. The van der Waals surface area contributed by atoms with Gasteiger partial charge in [-0.2, -0.15) is 13.2 Å². The lowest BCUT2D eigenvalue weighted by Crippen LogP contribution is -2.61. The minimum absolute atomic E-state index is 0.0892. The van der Waals surface area contributed by atoms with Crippen molar-refractivity contribution in [3.05, 3.63) is 35.4 Å². The molecule has 152 valence electrons. The molecule has 6 nitrogen and oxygen atoms in total. The van der Waals surface area contributed by atoms with E-state index in [0.717, 1.165) is 24.3 Å². The maximum atomic E-state index is 12.6. The molecule has 0 saturated carbocycles. The Labute approximate surface area is 160 Å². The largest absolute Gasteiger partial charge is 0.416 e. The first-order chi connectivity index (χ1) is 13.1. The van der Waals surface area contributed by atoms with Crippen molar-refractivity contribution >= 4 is 17.7 Å². The van der Waals surface area contributed by atoms with Gasteiger partial charge in [0, 0.05) is 18.2 Å². The Morgan fingerprint density at radius 1 is 1.25 bits per heavy atom. The van der Waals surface area contributed by atoms with E-state index >= 15 is 0 Å². The Morgan fingerprint density at radius 2 is 1.89 bits per heavy atom. The molecule has 0 aromatic heterocycles. The van der Waals surface area contributed by atoms with Crippen LogP contribution in [0.15, 0.2) is 24.3 Å². The summed E-state index contributed by atoms with van der Waals surface area (Å²) >= 11 is 0. The Bertz CT molecular complexity index is 777. The molecule has 1 aromatic rings. The van der Waals surface area contributed by atoms with Gasteiger partial charge in [0.1, 0.15) is 12.1 Å². The fourth-order valence-electron chi connectivity index (χ4n) is 3.67. The van der Waals surface area contributed by atoms with Crippen LogP contribution >= 0.6 is 0 Å². The van der Waals surface area contributed by atoms with Crippen LogP contribution in [-0.2, 0) is 15.8 Å². The van der Waals surface area contributed by atoms with E-state index in [1.54, 1.807) is 0 Å². The fourth-order valence-corrected chi connectivity index (χ4v) is 3.67. The highest BCUT2D eigenvalue weighted by Crippen LogP contribution is 2.29. The number of halogens is 3. The van der Waals surface area contributed by atoms with Crippen LogP contribution in [0.5, 0.6) is 0 Å². The highest BCUT2D eigenvalue weighted by atomic mass is 19.4. The standard InChI is InChI=1S/C19H22F3N3O3/c1-10(2)7-14-18(28)25-9-13(8-15(25)17(27)24-14)23-16(26)11-3-5-12(6-4-11)19(20,21)22/h3-6,10,13-15H,7-9H2,1-2H3,(H,23,26)(H,24,27)/t13-,14+,15-/m0/s1. The first kappa shape index (κ1) is 20.2. The minimum atomic E-state index is -4.47. The molecule has 0 radical (unpaired) electrons. The zero-order chi connectivity index (χ0) is 20.6. The van der Waals surface area contributed by atoms with Crippen LogP contribution in [0.2, 0.25) is 0 Å². The third-order valence-electron chi connectivity index (χ3n) is 5.02. The van der Waals surface area contributed by atoms with Crippen LogP contribution in [0.1, 0.15) is 42.6 Å². The van der Waals surface area contributed by atoms with E-state index in [-0.39, 0.29) is 36.3 Å². The summed E-state index contributed by atoms with van der Waals surface area (Å²) in [5, 5.41) is 5.46. The second-order valence-corrected chi connectivity index (χ2v) is 7.68. The molecular weight excluding hydrogens is 375 g/mol. The number of rotatable bonds is 4. The van der Waals surface area contributed by atoms with Crippen molar-refractivity contribution in [3.63, 3.8) is 0 Å². The van der Waals surface area contributed by atoms with Gasteiger partial charge in [-0.1, -0.05) is 13.8 Å². The number of hydrogen-bond acceptors (Lipinski definition) is 3. The topological polar surface area (TPSA) is 78.5 Å². The maximum Gasteiger partial charge on any atom is 0.416 e. The van der Waals surface area contributed by atoms with Crippen molar-refractivity contribution in [1.82, 2.24) is 15.5 Å². The lowest BCUT2D eigenvalue weighted by Gasteiger charge is -2.35. The second-order valence-electron chi connectivity index (χ2n) is 7.68. The molecule has 28 heavy (non-hydrogen) atoms. The van der Waals surface area contributed by atoms with Crippen molar-refractivity contribution in [1.29, 1.82) is 0 Å². The van der Waals surface area contributed by atoms with Gasteiger partial charge in [0.2, 0.25) is 11.8 Å². The summed E-state index contributed by atoms with van der Waals surface area (Å²) in [6.45, 7) is 4.13. The van der Waals surface area contributed by atoms with Crippen molar-refractivity contribution in [2.24, 2.45) is 5.92 Å². The van der Waals surface area contributed by atoms with E-state index in [9.17, 15) is 27.6 Å². The molecule has 0 unspecified atom stereocenters. The number of nitrogens with one attached hydrogen (secondary N) is 2. The number of hydrogen-bond donors (Lipinski definition) is 2. The van der Waals surface area contributed by atoms with Crippen LogP contribution in [-0.4, -0.2) is 47.3 Å². The van der Waals surface area contributed by atoms with Gasteiger partial charge < -0.3 is 15.5 Å². The first-order valence-corrected chi connectivity index (χ1v) is 9.15. The van der Waals surface area contributed by atoms with Gasteiger partial charge in [0.25, 0.3) is 5.91 Å². The van der Waals surface area contributed by atoms with Crippen LogP contribution in [0.25, 0.3) is 0 Å². The number of benzene rings is 1. The highest BCUT2D eigenvalue weighted by Gasteiger charge is 2.46. The predicted octanol–water partition coefficient (Wildman–Crippen LogP) is 1.95. The summed E-state index contributed by atoms with van der Waals surface area (Å²) in [7, 11) is 0. The number of nitrogens with zero attached hydrogens (tertiary/aromatic N) is 1. The number of carbonyl (C=O) groups excluding carboxylic acids is 3. The van der Waals surface area contributed by atoms with Crippen LogP contribution in [0.4, 0.5) is 13.2 Å². The quantitative estimate of drug-likeness (QED) is 0.815. The van der Waals surface area contributed by atoms with Crippen molar-refractivity contribution < 1.29 is 27.6 Å². The van der Waals surface area contributed by atoms with E-state index in [4.69, 9.17) is 0 Å². The normalized spacial score (nSPS) is 24.9. The monoisotopic (exact) mass is 397 g/mol. The third-order valence-corrected chi connectivity index (χ3v) is 5.02. The van der Waals surface area contributed by atoms with Gasteiger partial charge >= 0.3 is 6.18 Å². The number of amides is 3. The van der Waals surface area contributed by atoms with Crippen molar-refractivity contribution in [2.45, 2.75) is 51.0 Å². The molecule has 1 aromatic carbocycles. The summed E-state index contributed by atoms with van der Waals surface area (Å²) in [6, 6.07) is 2.28.